The van der Waals surface area contributed by atoms with Crippen molar-refractivity contribution >= 4 is 17.2 Å². The molecule has 400 valence electrons. The van der Waals surface area contributed by atoms with Crippen LogP contribution in [0.1, 0.15) is 17.2 Å². The van der Waals surface area contributed by atoms with E-state index < -0.39 is 0 Å². The molecule has 6 heteroatoms. The van der Waals surface area contributed by atoms with Gasteiger partial charge in [0.05, 0.1) is 39.9 Å². The van der Waals surface area contributed by atoms with Crippen LogP contribution in [0, 0.1) is 0 Å². The molecule has 0 N–H and O–H groups in total. The van der Waals surface area contributed by atoms with Gasteiger partial charge < -0.3 is 13.7 Å². The highest BCUT2D eigenvalue weighted by Gasteiger charge is 2.26. The summed E-state index contributed by atoms with van der Waals surface area (Å²) in [4.78, 5) is 6.79. The van der Waals surface area contributed by atoms with E-state index in [4.69, 9.17) is 0 Å². The summed E-state index contributed by atoms with van der Waals surface area (Å²) in [5, 5.41) is 0. The fourth-order valence-corrected chi connectivity index (χ4v) is 12.0. The van der Waals surface area contributed by atoms with E-state index in [-0.39, 0.29) is 5.92 Å². The van der Waals surface area contributed by atoms with Gasteiger partial charge in [-0.15, -0.1) is 5.73 Å². The van der Waals surface area contributed by atoms with Crippen LogP contribution in [0.25, 0.3) is 79.2 Å². The van der Waals surface area contributed by atoms with Gasteiger partial charge in [0.2, 0.25) is 0 Å². The summed E-state index contributed by atoms with van der Waals surface area (Å²) >= 11 is 0. The normalized spacial score (nSPS) is 12.3. The molecule has 1 atom stereocenters. The number of pyridine rings is 1. The van der Waals surface area contributed by atoms with Crippen LogP contribution in [0.4, 0.5) is 17.2 Å². The van der Waals surface area contributed by atoms with E-state index in [1.54, 1.807) is 0 Å². The molecule has 0 bridgehead atoms. The predicted octanol–water partition coefficient (Wildman–Crippen LogP) is 19.6. The molecular weight excluding hydrogens is 1020 g/mol. The highest BCUT2D eigenvalue weighted by molar-refractivity contribution is 5.82. The van der Waals surface area contributed by atoms with E-state index in [0.717, 1.165) is 97.2 Å². The Morgan fingerprint density at radius 1 is 0.345 bits per heavy atom. The molecule has 1 aliphatic rings. The fraction of sp³-hybridized carbons (Fsp3) is 0.0256. The Balaban J connectivity index is 0.826. The molecule has 0 spiro atoms. The summed E-state index contributed by atoms with van der Waals surface area (Å²) in [5.74, 6) is 1.03. The highest BCUT2D eigenvalue weighted by Crippen LogP contribution is 2.43. The van der Waals surface area contributed by atoms with E-state index in [9.17, 15) is 0 Å². The average molecular weight is 1080 g/mol. The lowest BCUT2D eigenvalue weighted by atomic mass is 9.85. The zero-order valence-electron chi connectivity index (χ0n) is 46.2. The second kappa shape index (κ2) is 23.1. The molecule has 6 nitrogen and oxygen atoms in total. The van der Waals surface area contributed by atoms with Crippen molar-refractivity contribution in [1.29, 1.82) is 0 Å². The molecule has 0 aliphatic heterocycles. The van der Waals surface area contributed by atoms with E-state index in [1.165, 1.54) is 22.4 Å². The van der Waals surface area contributed by atoms with Gasteiger partial charge in [0.15, 0.2) is 0 Å². The minimum Gasteiger partial charge on any atom is -0.312 e. The Morgan fingerprint density at radius 3 is 1.30 bits per heavy atom. The van der Waals surface area contributed by atoms with Crippen LogP contribution in [-0.4, -0.2) is 23.3 Å². The van der Waals surface area contributed by atoms with Crippen LogP contribution < -0.4 is 4.90 Å². The molecule has 13 aromatic rings. The molecule has 0 amide bonds. The molecule has 1 aliphatic carbocycles. The quantitative estimate of drug-likeness (QED) is 0.0904. The number of hydrogen-bond donors (Lipinski definition) is 0. The molecule has 5 aromatic heterocycles. The maximum atomic E-state index is 4.46. The second-order valence-electron chi connectivity index (χ2n) is 20.9. The van der Waals surface area contributed by atoms with Crippen LogP contribution in [-0.2, 0) is 6.42 Å². The summed E-state index contributed by atoms with van der Waals surface area (Å²) in [7, 11) is 0. The topological polar surface area (TPSA) is 35.9 Å². The van der Waals surface area contributed by atoms with Gasteiger partial charge >= 0.3 is 0 Å². The highest BCUT2D eigenvalue weighted by atomic mass is 15.3. The maximum absolute atomic E-state index is 4.46. The Kier molecular flexibility index (Phi) is 14.0. The molecule has 84 heavy (non-hydrogen) atoms. The van der Waals surface area contributed by atoms with Crippen molar-refractivity contribution in [2.75, 3.05) is 4.90 Å². The third-order valence-corrected chi connectivity index (χ3v) is 15.9. The zero-order chi connectivity index (χ0) is 56.0. The van der Waals surface area contributed by atoms with E-state index >= 15 is 0 Å². The predicted molar refractivity (Wildman–Crippen MR) is 346 cm³/mol. The first kappa shape index (κ1) is 51.0. The number of nitrogens with zero attached hydrogens (tertiary/aromatic N) is 6. The van der Waals surface area contributed by atoms with Crippen molar-refractivity contribution in [2.45, 2.75) is 12.3 Å². The second-order valence-corrected chi connectivity index (χ2v) is 20.9. The van der Waals surface area contributed by atoms with Gasteiger partial charge in [0, 0.05) is 52.4 Å². The summed E-state index contributed by atoms with van der Waals surface area (Å²) in [5.41, 5.74) is 24.6. The zero-order valence-corrected chi connectivity index (χ0v) is 46.2. The molecule has 8 aromatic carbocycles. The average Bonchev–Trinajstić information content (AvgIpc) is 3.48. The van der Waals surface area contributed by atoms with Crippen molar-refractivity contribution < 1.29 is 0 Å². The van der Waals surface area contributed by atoms with E-state index in [2.05, 4.69) is 343 Å². The minimum absolute atomic E-state index is 0.0355. The van der Waals surface area contributed by atoms with Gasteiger partial charge in [0.25, 0.3) is 0 Å². The number of para-hydroxylation sites is 4. The standard InChI is InChI=1S/C78H58N6/c1-2-10-24-60(23-9-1)71(57-70-45-46-74(80(70)64-29-15-5-16-30-64)75-49-47-72(62-25-11-3-12-26-62)82(75)65-31-17-6-18-32-65)61-39-37-58(38-40-61)59-41-43-68(44-42-59)81(69-53-55-79-56-54-69)78-52-51-77(84(78)67-35-21-8-22-36-67)76-50-48-73(63-27-13-4-14-28-63)83(76)66-33-19-7-20-34-66/h1,3-56,71H,57H2. The fourth-order valence-electron chi connectivity index (χ4n) is 12.0. The van der Waals surface area contributed by atoms with Crippen molar-refractivity contribution in [1.82, 2.24) is 23.3 Å². The number of hydrogen-bond acceptors (Lipinski definition) is 2. The minimum atomic E-state index is 0.0355. The van der Waals surface area contributed by atoms with Crippen LogP contribution in [0.3, 0.4) is 0 Å². The van der Waals surface area contributed by atoms with Gasteiger partial charge in [-0.3, -0.25) is 14.5 Å². The van der Waals surface area contributed by atoms with Gasteiger partial charge in [-0.05, 0) is 173 Å². The maximum Gasteiger partial charge on any atom is 0.122 e. The van der Waals surface area contributed by atoms with Gasteiger partial charge in [-0.25, -0.2) is 0 Å². The van der Waals surface area contributed by atoms with E-state index in [1.807, 2.05) is 24.5 Å². The first-order chi connectivity index (χ1) is 41.7. The van der Waals surface area contributed by atoms with Crippen LogP contribution >= 0.6 is 0 Å². The lowest BCUT2D eigenvalue weighted by Crippen LogP contribution is -2.15. The smallest absolute Gasteiger partial charge is 0.122 e. The molecule has 0 radical (unpaired) electrons. The third-order valence-electron chi connectivity index (χ3n) is 15.9. The van der Waals surface area contributed by atoms with Crippen molar-refractivity contribution in [3.05, 3.63) is 357 Å². The number of anilines is 3. The number of benzene rings is 8. The van der Waals surface area contributed by atoms with E-state index in [0.29, 0.717) is 0 Å². The third kappa shape index (κ3) is 10.0. The number of allylic oxidation sites excluding steroid dienone is 5. The molecule has 0 saturated heterocycles. The Labute approximate surface area is 490 Å². The molecular formula is C78H58N6. The SMILES string of the molecule is C1=CC=CC(C(Cc2ccc(-c3ccc(-c4ccccc4)n3-c3ccccc3)n2-c2ccccc2)c2ccc(-c3ccc(N(c4ccncc4)c4ccc(-c5ccc(-c6ccccc6)n5-c5ccccc5)n4-c4ccccc4)cc3)cc2)=CC=1. The van der Waals surface area contributed by atoms with Crippen molar-refractivity contribution in [2.24, 2.45) is 0 Å². The van der Waals surface area contributed by atoms with Crippen LogP contribution in [0.2, 0.25) is 0 Å². The molecule has 14 rings (SSSR count). The van der Waals surface area contributed by atoms with Gasteiger partial charge in [-0.1, -0.05) is 188 Å². The van der Waals surface area contributed by atoms with Crippen molar-refractivity contribution in [3.8, 4) is 79.2 Å². The molecule has 5 heterocycles. The Morgan fingerprint density at radius 2 is 0.762 bits per heavy atom. The molecule has 0 fully saturated rings. The number of rotatable bonds is 16. The van der Waals surface area contributed by atoms with Crippen LogP contribution in [0.15, 0.2) is 345 Å². The van der Waals surface area contributed by atoms with Gasteiger partial charge in [-0.2, -0.15) is 0 Å². The summed E-state index contributed by atoms with van der Waals surface area (Å²) in [6.45, 7) is 0. The monoisotopic (exact) mass is 1080 g/mol. The first-order valence-corrected chi connectivity index (χ1v) is 28.6. The van der Waals surface area contributed by atoms with Gasteiger partial charge in [0.1, 0.15) is 5.82 Å². The number of aromatic nitrogens is 5. The lowest BCUT2D eigenvalue weighted by Gasteiger charge is -2.28. The molecule has 1 unspecified atom stereocenters. The summed E-state index contributed by atoms with van der Waals surface area (Å²) in [6.07, 6.45) is 15.1. The first-order valence-electron chi connectivity index (χ1n) is 28.6. The summed E-state index contributed by atoms with van der Waals surface area (Å²) in [6, 6.07) is 105. The Bertz CT molecular complexity index is 4490. The van der Waals surface area contributed by atoms with Crippen molar-refractivity contribution in [3.63, 3.8) is 0 Å². The molecule has 0 saturated carbocycles. The Hall–Kier alpha value is -11.2. The summed E-state index contributed by atoms with van der Waals surface area (Å²) < 4.78 is 9.60. The van der Waals surface area contributed by atoms with Crippen LogP contribution in [0.5, 0.6) is 0 Å². The lowest BCUT2D eigenvalue weighted by molar-refractivity contribution is 0.763. The largest absolute Gasteiger partial charge is 0.312 e.